The van der Waals surface area contributed by atoms with E-state index in [0.29, 0.717) is 44.5 Å². The number of methoxy groups -OCH3 is 1. The predicted octanol–water partition coefficient (Wildman–Crippen LogP) is 6.07. The maximum atomic E-state index is 13.0. The summed E-state index contributed by atoms with van der Waals surface area (Å²) in [5.74, 6) is 0.587. The topological polar surface area (TPSA) is 68.8 Å². The molecular formula is C27H24Cl2N2O4S. The van der Waals surface area contributed by atoms with Crippen LogP contribution in [0.1, 0.15) is 29.7 Å². The number of hydrogen-bond acceptors (Lipinski definition) is 5. The Morgan fingerprint density at radius 2 is 1.78 bits per heavy atom. The van der Waals surface area contributed by atoms with Crippen molar-refractivity contribution in [1.29, 1.82) is 0 Å². The Hall–Kier alpha value is -3.26. The summed E-state index contributed by atoms with van der Waals surface area (Å²) < 4.78 is 17.0. The quantitative estimate of drug-likeness (QED) is 0.264. The van der Waals surface area contributed by atoms with Gasteiger partial charge in [0.1, 0.15) is 6.61 Å². The molecule has 6 nitrogen and oxygen atoms in total. The van der Waals surface area contributed by atoms with E-state index in [4.69, 9.17) is 49.6 Å². The molecule has 0 amide bonds. The molecule has 0 aliphatic carbocycles. The number of esters is 1. The van der Waals surface area contributed by atoms with Crippen LogP contribution < -0.4 is 20.1 Å². The van der Waals surface area contributed by atoms with Crippen LogP contribution in [0.4, 0.5) is 0 Å². The van der Waals surface area contributed by atoms with Crippen molar-refractivity contribution >= 4 is 52.2 Å². The molecule has 0 saturated carbocycles. The van der Waals surface area contributed by atoms with E-state index in [1.807, 2.05) is 55.5 Å². The number of nitrogens with one attached hydrogen (secondary N) is 2. The van der Waals surface area contributed by atoms with Gasteiger partial charge in [0, 0.05) is 15.6 Å². The highest BCUT2D eigenvalue weighted by atomic mass is 35.5. The van der Waals surface area contributed by atoms with Crippen molar-refractivity contribution in [3.8, 4) is 11.5 Å². The molecule has 1 heterocycles. The molecule has 3 aromatic carbocycles. The molecule has 0 spiro atoms. The highest BCUT2D eigenvalue weighted by molar-refractivity contribution is 7.80. The third kappa shape index (κ3) is 5.75. The number of ether oxygens (including phenoxy) is 3. The van der Waals surface area contributed by atoms with Gasteiger partial charge in [-0.25, -0.2) is 4.79 Å². The van der Waals surface area contributed by atoms with Gasteiger partial charge in [0.15, 0.2) is 16.6 Å². The lowest BCUT2D eigenvalue weighted by Gasteiger charge is -2.31. The number of halogens is 2. The largest absolute Gasteiger partial charge is 0.490 e. The van der Waals surface area contributed by atoms with E-state index in [0.717, 1.165) is 16.7 Å². The molecule has 1 atom stereocenters. The van der Waals surface area contributed by atoms with E-state index in [9.17, 15) is 4.79 Å². The van der Waals surface area contributed by atoms with E-state index in [1.54, 1.807) is 18.2 Å². The van der Waals surface area contributed by atoms with E-state index in [2.05, 4.69) is 10.6 Å². The van der Waals surface area contributed by atoms with Gasteiger partial charge in [-0.1, -0.05) is 65.7 Å². The Labute approximate surface area is 225 Å². The van der Waals surface area contributed by atoms with Crippen LogP contribution in [0.25, 0.3) is 5.70 Å². The molecule has 3 aromatic rings. The van der Waals surface area contributed by atoms with Crippen molar-refractivity contribution < 1.29 is 19.0 Å². The molecule has 0 radical (unpaired) electrons. The minimum absolute atomic E-state index is 0.233. The first-order valence-corrected chi connectivity index (χ1v) is 12.4. The van der Waals surface area contributed by atoms with Gasteiger partial charge in [-0.05, 0) is 54.5 Å². The normalized spacial score (nSPS) is 15.1. The average molecular weight is 543 g/mol. The molecule has 2 N–H and O–H groups in total. The summed E-state index contributed by atoms with van der Waals surface area (Å²) in [6, 6.07) is 19.7. The molecule has 0 unspecified atom stereocenters. The Morgan fingerprint density at radius 1 is 1.00 bits per heavy atom. The van der Waals surface area contributed by atoms with Crippen molar-refractivity contribution in [2.75, 3.05) is 13.7 Å². The smallest absolute Gasteiger partial charge is 0.338 e. The number of thiocarbonyl (C=S) groups is 1. The summed E-state index contributed by atoms with van der Waals surface area (Å²) in [5.41, 5.74) is 3.36. The van der Waals surface area contributed by atoms with Crippen molar-refractivity contribution in [3.05, 3.63) is 99.0 Å². The van der Waals surface area contributed by atoms with E-state index >= 15 is 0 Å². The van der Waals surface area contributed by atoms with Gasteiger partial charge >= 0.3 is 5.97 Å². The summed E-state index contributed by atoms with van der Waals surface area (Å²) in [6.07, 6.45) is 0. The number of hydrogen-bond donors (Lipinski definition) is 2. The van der Waals surface area contributed by atoms with Crippen LogP contribution in [0.5, 0.6) is 11.5 Å². The second-order valence-corrected chi connectivity index (χ2v) is 9.09. The Morgan fingerprint density at radius 3 is 2.47 bits per heavy atom. The van der Waals surface area contributed by atoms with Gasteiger partial charge in [-0.2, -0.15) is 0 Å². The van der Waals surface area contributed by atoms with Crippen LogP contribution >= 0.6 is 35.4 Å². The second kappa shape index (κ2) is 11.6. The Kier molecular flexibility index (Phi) is 8.36. The van der Waals surface area contributed by atoms with Crippen molar-refractivity contribution in [2.45, 2.75) is 19.6 Å². The van der Waals surface area contributed by atoms with Crippen molar-refractivity contribution in [1.82, 2.24) is 10.6 Å². The van der Waals surface area contributed by atoms with Gasteiger partial charge < -0.3 is 24.8 Å². The van der Waals surface area contributed by atoms with Crippen LogP contribution in [0, 0.1) is 0 Å². The summed E-state index contributed by atoms with van der Waals surface area (Å²) in [5, 5.41) is 7.78. The molecule has 9 heteroatoms. The number of rotatable bonds is 8. The fourth-order valence-corrected chi connectivity index (χ4v) is 4.55. The minimum atomic E-state index is -0.569. The van der Waals surface area contributed by atoms with Crippen LogP contribution in [0.15, 0.2) is 72.3 Å². The predicted molar refractivity (Wildman–Crippen MR) is 145 cm³/mol. The summed E-state index contributed by atoms with van der Waals surface area (Å²) in [6.45, 7) is 2.54. The second-order valence-electron chi connectivity index (χ2n) is 7.84. The first-order valence-electron chi connectivity index (χ1n) is 11.2. The minimum Gasteiger partial charge on any atom is -0.490 e. The van der Waals surface area contributed by atoms with E-state index in [1.165, 1.54) is 7.11 Å². The van der Waals surface area contributed by atoms with E-state index < -0.39 is 12.0 Å². The van der Waals surface area contributed by atoms with Gasteiger partial charge in [0.2, 0.25) is 0 Å². The fourth-order valence-electron chi connectivity index (χ4n) is 3.86. The standard InChI is InChI=1S/C27H24Cl2N2O4S/c1-3-34-22-13-17(10-12-21(22)35-15-18-9-11-19(28)14-20(18)29)25-23(26(32)33-2)24(30-27(36)31-25)16-7-5-4-6-8-16/h4-14,25H,3,15H2,1-2H3,(H2,30,31,36)/t25-/m0/s1. The van der Waals surface area contributed by atoms with Crippen molar-refractivity contribution in [3.63, 3.8) is 0 Å². The summed E-state index contributed by atoms with van der Waals surface area (Å²) >= 11 is 17.8. The maximum Gasteiger partial charge on any atom is 0.338 e. The highest BCUT2D eigenvalue weighted by Gasteiger charge is 2.33. The summed E-state index contributed by atoms with van der Waals surface area (Å²) in [7, 11) is 1.35. The zero-order valence-corrected chi connectivity index (χ0v) is 22.0. The lowest BCUT2D eigenvalue weighted by atomic mass is 9.92. The van der Waals surface area contributed by atoms with Crippen LogP contribution in [0.2, 0.25) is 10.0 Å². The lowest BCUT2D eigenvalue weighted by Crippen LogP contribution is -2.45. The molecule has 0 saturated heterocycles. The zero-order chi connectivity index (χ0) is 25.7. The molecule has 186 valence electrons. The van der Waals surface area contributed by atoms with Crippen LogP contribution in [0.3, 0.4) is 0 Å². The Balaban J connectivity index is 1.71. The first kappa shape index (κ1) is 25.8. The monoisotopic (exact) mass is 542 g/mol. The molecule has 0 fully saturated rings. The Bertz CT molecular complexity index is 1310. The SMILES string of the molecule is CCOc1cc([C@@H]2NC(=S)NC(c3ccccc3)=C2C(=O)OC)ccc1OCc1ccc(Cl)cc1Cl. The molecule has 4 rings (SSSR count). The third-order valence-electron chi connectivity index (χ3n) is 5.54. The van der Waals surface area contributed by atoms with Gasteiger partial charge in [0.05, 0.1) is 31.0 Å². The van der Waals surface area contributed by atoms with Gasteiger partial charge in [-0.15, -0.1) is 0 Å². The highest BCUT2D eigenvalue weighted by Crippen LogP contribution is 2.37. The molecule has 36 heavy (non-hydrogen) atoms. The number of carbonyl (C=O) groups excluding carboxylic acids is 1. The molecule has 1 aliphatic rings. The van der Waals surface area contributed by atoms with Gasteiger partial charge in [0.25, 0.3) is 0 Å². The molecule has 0 bridgehead atoms. The number of benzene rings is 3. The molecule has 1 aliphatic heterocycles. The van der Waals surface area contributed by atoms with E-state index in [-0.39, 0.29) is 6.61 Å². The zero-order valence-electron chi connectivity index (χ0n) is 19.6. The van der Waals surface area contributed by atoms with Crippen molar-refractivity contribution in [2.24, 2.45) is 0 Å². The number of carbonyl (C=O) groups is 1. The van der Waals surface area contributed by atoms with Crippen LogP contribution in [-0.2, 0) is 16.1 Å². The van der Waals surface area contributed by atoms with Crippen LogP contribution in [-0.4, -0.2) is 24.8 Å². The summed E-state index contributed by atoms with van der Waals surface area (Å²) in [4.78, 5) is 13.0. The molecular weight excluding hydrogens is 519 g/mol. The lowest BCUT2D eigenvalue weighted by molar-refractivity contribution is -0.136. The molecule has 0 aromatic heterocycles. The first-order chi connectivity index (χ1) is 17.4. The van der Waals surface area contributed by atoms with Gasteiger partial charge in [-0.3, -0.25) is 0 Å². The maximum absolute atomic E-state index is 13.0. The average Bonchev–Trinajstić information content (AvgIpc) is 2.88. The fraction of sp³-hybridized carbons (Fsp3) is 0.185. The third-order valence-corrected chi connectivity index (χ3v) is 6.35.